The Labute approximate surface area is 163 Å². The van der Waals surface area contributed by atoms with E-state index < -0.39 is 0 Å². The molecular formula is C16H22FIN6O. The molecule has 1 saturated heterocycles. The minimum Gasteiger partial charge on any atom is -0.375 e. The summed E-state index contributed by atoms with van der Waals surface area (Å²) in [7, 11) is 0. The Balaban J connectivity index is 0.00000225. The SMILES string of the molecule is CC1CN(C(N)=NCc2ncn(Cc3cccc(F)c3)n2)CCO1.I. The van der Waals surface area contributed by atoms with E-state index in [1.165, 1.54) is 12.1 Å². The van der Waals surface area contributed by atoms with Gasteiger partial charge in [-0.15, -0.1) is 24.0 Å². The van der Waals surface area contributed by atoms with Gasteiger partial charge in [-0.2, -0.15) is 5.10 Å². The highest BCUT2D eigenvalue weighted by atomic mass is 127. The fourth-order valence-electron chi connectivity index (χ4n) is 2.58. The van der Waals surface area contributed by atoms with Gasteiger partial charge in [0.2, 0.25) is 0 Å². The number of nitrogens with two attached hydrogens (primary N) is 1. The molecule has 0 bridgehead atoms. The Morgan fingerprint density at radius 2 is 2.32 bits per heavy atom. The van der Waals surface area contributed by atoms with Crippen molar-refractivity contribution in [3.8, 4) is 0 Å². The molecule has 0 spiro atoms. The van der Waals surface area contributed by atoms with Gasteiger partial charge in [-0.25, -0.2) is 19.0 Å². The second-order valence-electron chi connectivity index (χ2n) is 5.79. The molecule has 0 radical (unpaired) electrons. The van der Waals surface area contributed by atoms with E-state index in [0.29, 0.717) is 31.5 Å². The summed E-state index contributed by atoms with van der Waals surface area (Å²) in [5.74, 6) is 0.798. The number of ether oxygens (including phenoxy) is 1. The zero-order chi connectivity index (χ0) is 16.9. The molecule has 1 aliphatic heterocycles. The molecule has 25 heavy (non-hydrogen) atoms. The van der Waals surface area contributed by atoms with Crippen LogP contribution in [0.5, 0.6) is 0 Å². The fourth-order valence-corrected chi connectivity index (χ4v) is 2.58. The van der Waals surface area contributed by atoms with Gasteiger partial charge in [-0.05, 0) is 24.6 Å². The lowest BCUT2D eigenvalue weighted by Crippen LogP contribution is -2.47. The lowest BCUT2D eigenvalue weighted by molar-refractivity contribution is 0.00528. The summed E-state index contributed by atoms with van der Waals surface area (Å²) in [5.41, 5.74) is 6.85. The van der Waals surface area contributed by atoms with E-state index in [1.807, 2.05) is 17.9 Å². The number of morpholine rings is 1. The van der Waals surface area contributed by atoms with Crippen LogP contribution in [-0.4, -0.2) is 51.4 Å². The van der Waals surface area contributed by atoms with E-state index in [2.05, 4.69) is 15.1 Å². The third kappa shape index (κ3) is 5.63. The van der Waals surface area contributed by atoms with Crippen LogP contribution in [0.15, 0.2) is 35.6 Å². The van der Waals surface area contributed by atoms with Gasteiger partial charge in [0.05, 0.1) is 19.3 Å². The second-order valence-corrected chi connectivity index (χ2v) is 5.79. The van der Waals surface area contributed by atoms with E-state index in [4.69, 9.17) is 10.5 Å². The third-order valence-corrected chi connectivity index (χ3v) is 3.77. The molecule has 1 unspecified atom stereocenters. The van der Waals surface area contributed by atoms with Crippen LogP contribution in [0.4, 0.5) is 4.39 Å². The van der Waals surface area contributed by atoms with Gasteiger partial charge >= 0.3 is 0 Å². The second kappa shape index (κ2) is 9.09. The van der Waals surface area contributed by atoms with Gasteiger partial charge < -0.3 is 15.4 Å². The van der Waals surface area contributed by atoms with Crippen LogP contribution in [0, 0.1) is 5.82 Å². The van der Waals surface area contributed by atoms with Crippen molar-refractivity contribution in [1.29, 1.82) is 0 Å². The number of aromatic nitrogens is 3. The Morgan fingerprint density at radius 3 is 3.08 bits per heavy atom. The molecule has 2 aromatic rings. The fraction of sp³-hybridized carbons (Fsp3) is 0.438. The van der Waals surface area contributed by atoms with Crippen molar-refractivity contribution in [2.24, 2.45) is 10.7 Å². The van der Waals surface area contributed by atoms with E-state index >= 15 is 0 Å². The average Bonchev–Trinajstić information content (AvgIpc) is 3.00. The van der Waals surface area contributed by atoms with E-state index in [0.717, 1.165) is 18.7 Å². The lowest BCUT2D eigenvalue weighted by Gasteiger charge is -2.31. The molecular weight excluding hydrogens is 438 g/mol. The van der Waals surface area contributed by atoms with Gasteiger partial charge in [0.15, 0.2) is 11.8 Å². The van der Waals surface area contributed by atoms with Gasteiger partial charge in [-0.3, -0.25) is 0 Å². The average molecular weight is 460 g/mol. The number of hydrogen-bond acceptors (Lipinski definition) is 4. The highest BCUT2D eigenvalue weighted by molar-refractivity contribution is 14.0. The van der Waals surface area contributed by atoms with Crippen LogP contribution in [0.25, 0.3) is 0 Å². The molecule has 9 heteroatoms. The minimum atomic E-state index is -0.259. The molecule has 1 aromatic heterocycles. The van der Waals surface area contributed by atoms with Crippen LogP contribution in [0.1, 0.15) is 18.3 Å². The number of nitrogens with zero attached hydrogens (tertiary/aromatic N) is 5. The summed E-state index contributed by atoms with van der Waals surface area (Å²) in [6, 6.07) is 6.42. The lowest BCUT2D eigenvalue weighted by atomic mass is 10.2. The van der Waals surface area contributed by atoms with Crippen molar-refractivity contribution in [3.05, 3.63) is 47.8 Å². The first-order valence-electron chi connectivity index (χ1n) is 7.89. The monoisotopic (exact) mass is 460 g/mol. The molecule has 0 saturated carbocycles. The Hall–Kier alpha value is -1.75. The first-order chi connectivity index (χ1) is 11.6. The van der Waals surface area contributed by atoms with E-state index in [1.54, 1.807) is 17.1 Å². The maximum atomic E-state index is 13.2. The van der Waals surface area contributed by atoms with Crippen molar-refractivity contribution in [1.82, 2.24) is 19.7 Å². The number of rotatable bonds is 4. The molecule has 0 aliphatic carbocycles. The predicted octanol–water partition coefficient (Wildman–Crippen LogP) is 1.62. The summed E-state index contributed by atoms with van der Waals surface area (Å²) in [6.07, 6.45) is 1.76. The summed E-state index contributed by atoms with van der Waals surface area (Å²) in [4.78, 5) is 10.6. The molecule has 2 N–H and O–H groups in total. The van der Waals surface area contributed by atoms with Crippen molar-refractivity contribution < 1.29 is 9.13 Å². The van der Waals surface area contributed by atoms with Crippen LogP contribution in [0.3, 0.4) is 0 Å². The number of halogens is 2. The molecule has 2 heterocycles. The van der Waals surface area contributed by atoms with Gasteiger partial charge in [0.25, 0.3) is 0 Å². The summed E-state index contributed by atoms with van der Waals surface area (Å²) in [6.45, 7) is 4.91. The summed E-state index contributed by atoms with van der Waals surface area (Å²) in [5, 5.41) is 4.34. The van der Waals surface area contributed by atoms with Crippen LogP contribution in [-0.2, 0) is 17.8 Å². The number of benzene rings is 1. The summed E-state index contributed by atoms with van der Waals surface area (Å²) >= 11 is 0. The van der Waals surface area contributed by atoms with Crippen molar-refractivity contribution >= 4 is 29.9 Å². The normalized spacial score (nSPS) is 18.1. The molecule has 1 fully saturated rings. The molecule has 136 valence electrons. The predicted molar refractivity (Wildman–Crippen MR) is 103 cm³/mol. The summed E-state index contributed by atoms with van der Waals surface area (Å²) < 4.78 is 20.3. The number of hydrogen-bond donors (Lipinski definition) is 1. The van der Waals surface area contributed by atoms with Crippen LogP contribution in [0.2, 0.25) is 0 Å². The van der Waals surface area contributed by atoms with Gasteiger partial charge in [0, 0.05) is 13.1 Å². The zero-order valence-electron chi connectivity index (χ0n) is 14.0. The Bertz CT molecular complexity index is 722. The van der Waals surface area contributed by atoms with Gasteiger partial charge in [0.1, 0.15) is 18.7 Å². The molecule has 3 rings (SSSR count). The zero-order valence-corrected chi connectivity index (χ0v) is 16.3. The van der Waals surface area contributed by atoms with E-state index in [9.17, 15) is 4.39 Å². The smallest absolute Gasteiger partial charge is 0.191 e. The maximum absolute atomic E-state index is 13.2. The topological polar surface area (TPSA) is 81.6 Å². The Morgan fingerprint density at radius 1 is 1.48 bits per heavy atom. The number of aliphatic imine (C=N–C) groups is 1. The van der Waals surface area contributed by atoms with Crippen LogP contribution < -0.4 is 5.73 Å². The van der Waals surface area contributed by atoms with E-state index in [-0.39, 0.29) is 35.9 Å². The standard InChI is InChI=1S/C16H21FN6O.HI/c1-12-9-22(5-6-24-12)16(18)19-8-15-20-11-23(21-15)10-13-3-2-4-14(17)7-13;/h2-4,7,11-12H,5-6,8-10H2,1H3,(H2,18,19);1H. The first kappa shape index (κ1) is 19.6. The molecule has 1 atom stereocenters. The van der Waals surface area contributed by atoms with Crippen LogP contribution >= 0.6 is 24.0 Å². The highest BCUT2D eigenvalue weighted by Gasteiger charge is 2.18. The van der Waals surface area contributed by atoms with Crippen molar-refractivity contribution in [2.45, 2.75) is 26.1 Å². The Kier molecular flexibility index (Phi) is 7.12. The third-order valence-electron chi connectivity index (χ3n) is 3.77. The van der Waals surface area contributed by atoms with Crippen molar-refractivity contribution in [3.63, 3.8) is 0 Å². The maximum Gasteiger partial charge on any atom is 0.191 e. The molecule has 0 amide bonds. The van der Waals surface area contributed by atoms with Crippen molar-refractivity contribution in [2.75, 3.05) is 19.7 Å². The quantitative estimate of drug-likeness (QED) is 0.426. The molecule has 1 aliphatic rings. The van der Waals surface area contributed by atoms with Gasteiger partial charge in [-0.1, -0.05) is 12.1 Å². The molecule has 1 aromatic carbocycles. The minimum absolute atomic E-state index is 0. The largest absolute Gasteiger partial charge is 0.375 e. The first-order valence-corrected chi connectivity index (χ1v) is 7.89. The number of guanidine groups is 1. The highest BCUT2D eigenvalue weighted by Crippen LogP contribution is 2.06. The molecule has 7 nitrogen and oxygen atoms in total.